The van der Waals surface area contributed by atoms with E-state index in [1.165, 1.54) is 36.4 Å². The van der Waals surface area contributed by atoms with Crippen LogP contribution in [0.3, 0.4) is 0 Å². The Kier molecular flexibility index (Phi) is 9.25. The van der Waals surface area contributed by atoms with Gasteiger partial charge in [-0.25, -0.2) is 12.7 Å². The maximum atomic E-state index is 13.2. The lowest BCUT2D eigenvalue weighted by atomic mass is 10.1. The van der Waals surface area contributed by atoms with Gasteiger partial charge in [-0.2, -0.15) is 0 Å². The minimum absolute atomic E-state index is 0.394. The third kappa shape index (κ3) is 5.94. The smallest absolute Gasteiger partial charge is 0.243 e. The highest BCUT2D eigenvalue weighted by molar-refractivity contribution is 9.09. The van der Waals surface area contributed by atoms with E-state index in [2.05, 4.69) is 15.9 Å². The van der Waals surface area contributed by atoms with Crippen molar-refractivity contribution in [1.29, 1.82) is 0 Å². The van der Waals surface area contributed by atoms with Gasteiger partial charge >= 0.3 is 0 Å². The van der Waals surface area contributed by atoms with Gasteiger partial charge in [0, 0.05) is 49.5 Å². The molecule has 0 saturated carbocycles. The predicted octanol–water partition coefficient (Wildman–Crippen LogP) is 5.65. The summed E-state index contributed by atoms with van der Waals surface area (Å²) in [7, 11) is 2.14. The highest BCUT2D eigenvalue weighted by Crippen LogP contribution is 2.31. The average molecular weight is 469 g/mol. The highest BCUT2D eigenvalue weighted by atomic mass is 79.9. The molecule has 0 fully saturated rings. The molecule has 0 bridgehead atoms. The first-order chi connectivity index (χ1) is 13.4. The second-order valence-corrected chi connectivity index (χ2v) is 10.3. The Hall–Kier alpha value is -1.11. The van der Waals surface area contributed by atoms with Crippen molar-refractivity contribution in [1.82, 2.24) is 4.31 Å². The molecule has 0 heterocycles. The quantitative estimate of drug-likeness (QED) is 0.298. The lowest BCUT2D eigenvalue weighted by Gasteiger charge is -2.20. The van der Waals surface area contributed by atoms with Gasteiger partial charge in [0.05, 0.1) is 4.90 Å². The average Bonchev–Trinajstić information content (AvgIpc) is 2.68. The fraction of sp³-hybridized carbons (Fsp3) is 0.545. The Bertz CT molecular complexity index is 853. The summed E-state index contributed by atoms with van der Waals surface area (Å²) >= 11 is 3.46. The zero-order valence-electron chi connectivity index (χ0n) is 17.3. The molecular weight excluding hydrogens is 436 g/mol. The van der Waals surface area contributed by atoms with Gasteiger partial charge in [0.25, 0.3) is 0 Å². The first-order valence-electron chi connectivity index (χ1n) is 10.1. The predicted molar refractivity (Wildman–Crippen MR) is 124 cm³/mol. The molecule has 0 aliphatic carbocycles. The number of anilines is 1. The fourth-order valence-corrected chi connectivity index (χ4v) is 5.29. The topological polar surface area (TPSA) is 40.6 Å². The molecule has 0 aliphatic rings. The Morgan fingerprint density at radius 1 is 0.786 bits per heavy atom. The molecule has 2 rings (SSSR count). The molecule has 2 aromatic rings. The van der Waals surface area contributed by atoms with Crippen molar-refractivity contribution in [2.24, 2.45) is 0 Å². The third-order valence-corrected chi connectivity index (χ3v) is 7.61. The minimum atomic E-state index is -3.50. The maximum absolute atomic E-state index is 13.2. The monoisotopic (exact) mass is 468 g/mol. The summed E-state index contributed by atoms with van der Waals surface area (Å²) in [6, 6.07) is 11.4. The van der Waals surface area contributed by atoms with Crippen LogP contribution in [-0.2, 0) is 10.0 Å². The molecule has 0 saturated heterocycles. The van der Waals surface area contributed by atoms with Crippen LogP contribution in [0.5, 0.6) is 0 Å². The van der Waals surface area contributed by atoms with Crippen molar-refractivity contribution in [3.05, 3.63) is 36.4 Å². The van der Waals surface area contributed by atoms with Gasteiger partial charge in [-0.15, -0.1) is 0 Å². The first kappa shape index (κ1) is 23.2. The first-order valence-corrected chi connectivity index (χ1v) is 12.7. The molecule has 0 aliphatic heterocycles. The summed E-state index contributed by atoms with van der Waals surface area (Å²) in [5, 5.41) is 2.83. The third-order valence-electron chi connectivity index (χ3n) is 5.14. The summed E-state index contributed by atoms with van der Waals surface area (Å²) in [6.07, 6.45) is 8.17. The molecule has 28 heavy (non-hydrogen) atoms. The zero-order chi connectivity index (χ0) is 20.6. The number of benzene rings is 2. The number of hydrogen-bond acceptors (Lipinski definition) is 3. The van der Waals surface area contributed by atoms with Gasteiger partial charge < -0.3 is 4.90 Å². The van der Waals surface area contributed by atoms with Crippen molar-refractivity contribution >= 4 is 42.4 Å². The number of nitrogens with zero attached hydrogens (tertiary/aromatic N) is 2. The van der Waals surface area contributed by atoms with E-state index in [0.717, 1.165) is 34.6 Å². The molecule has 0 unspecified atom stereocenters. The second-order valence-electron chi connectivity index (χ2n) is 7.51. The molecule has 156 valence electrons. The lowest BCUT2D eigenvalue weighted by Crippen LogP contribution is -2.28. The number of rotatable bonds is 12. The van der Waals surface area contributed by atoms with Crippen molar-refractivity contribution in [2.45, 2.75) is 49.8 Å². The van der Waals surface area contributed by atoms with Crippen LogP contribution in [-0.4, -0.2) is 45.7 Å². The largest absolute Gasteiger partial charge is 0.377 e. The van der Waals surface area contributed by atoms with Crippen LogP contribution in [0.15, 0.2) is 41.3 Å². The number of hydrogen-bond donors (Lipinski definition) is 0. The molecule has 6 heteroatoms. The van der Waals surface area contributed by atoms with Crippen LogP contribution in [0.2, 0.25) is 0 Å². The molecule has 0 radical (unpaired) electrons. The summed E-state index contributed by atoms with van der Waals surface area (Å²) in [6.45, 7) is 0.563. The molecule has 0 atom stereocenters. The van der Waals surface area contributed by atoms with Gasteiger partial charge in [-0.05, 0) is 25.0 Å². The number of halogens is 1. The van der Waals surface area contributed by atoms with Crippen molar-refractivity contribution in [3.63, 3.8) is 0 Å². The van der Waals surface area contributed by atoms with Crippen molar-refractivity contribution in [2.75, 3.05) is 37.9 Å². The Labute approximate surface area is 179 Å². The van der Waals surface area contributed by atoms with Gasteiger partial charge in [-0.3, -0.25) is 0 Å². The number of fused-ring (bicyclic) bond motifs is 1. The Morgan fingerprint density at radius 2 is 1.36 bits per heavy atom. The molecule has 2 aromatic carbocycles. The molecular formula is C22H33BrN2O2S. The highest BCUT2D eigenvalue weighted by Gasteiger charge is 2.23. The Morgan fingerprint density at radius 3 is 2.00 bits per heavy atom. The molecule has 0 N–H and O–H groups in total. The standard InChI is InChI=1S/C22H33BrN2O2S/c1-24(2)21-15-11-14-20-19(21)13-12-16-22(20)28(26,27)25(3)18-10-8-6-4-5-7-9-17-23/h11-16H,4-10,17-18H2,1-3H3. The SMILES string of the molecule is CN(C)c1cccc2c(S(=O)(=O)N(C)CCCCCCCCCBr)cccc12. The van der Waals surface area contributed by atoms with Crippen LogP contribution in [0.1, 0.15) is 44.9 Å². The van der Waals surface area contributed by atoms with Crippen LogP contribution >= 0.6 is 15.9 Å². The maximum Gasteiger partial charge on any atom is 0.243 e. The van der Waals surface area contributed by atoms with E-state index in [-0.39, 0.29) is 0 Å². The fourth-order valence-electron chi connectivity index (χ4n) is 3.48. The lowest BCUT2D eigenvalue weighted by molar-refractivity contribution is 0.449. The van der Waals surface area contributed by atoms with E-state index in [1.807, 2.05) is 49.3 Å². The van der Waals surface area contributed by atoms with Crippen LogP contribution in [0.4, 0.5) is 5.69 Å². The van der Waals surface area contributed by atoms with E-state index in [1.54, 1.807) is 13.1 Å². The summed E-state index contributed by atoms with van der Waals surface area (Å²) in [5.74, 6) is 0. The number of unbranched alkanes of at least 4 members (excludes halogenated alkanes) is 6. The van der Waals surface area contributed by atoms with E-state index in [0.29, 0.717) is 11.4 Å². The number of sulfonamides is 1. The summed E-state index contributed by atoms with van der Waals surface area (Å²) in [5.41, 5.74) is 1.03. The number of alkyl halides is 1. The van der Waals surface area contributed by atoms with Crippen molar-refractivity contribution < 1.29 is 8.42 Å². The Balaban J connectivity index is 2.03. The van der Waals surface area contributed by atoms with E-state index >= 15 is 0 Å². The molecule has 0 spiro atoms. The van der Waals surface area contributed by atoms with E-state index in [9.17, 15) is 8.42 Å². The molecule has 0 aromatic heterocycles. The van der Waals surface area contributed by atoms with Gasteiger partial charge in [0.2, 0.25) is 10.0 Å². The van der Waals surface area contributed by atoms with Gasteiger partial charge in [-0.1, -0.05) is 72.3 Å². The van der Waals surface area contributed by atoms with Gasteiger partial charge in [0.15, 0.2) is 0 Å². The van der Waals surface area contributed by atoms with Crippen LogP contribution in [0, 0.1) is 0 Å². The van der Waals surface area contributed by atoms with Crippen LogP contribution < -0.4 is 4.90 Å². The zero-order valence-corrected chi connectivity index (χ0v) is 19.7. The molecule has 4 nitrogen and oxygen atoms in total. The summed E-state index contributed by atoms with van der Waals surface area (Å²) < 4.78 is 27.9. The van der Waals surface area contributed by atoms with Crippen molar-refractivity contribution in [3.8, 4) is 0 Å². The van der Waals surface area contributed by atoms with E-state index < -0.39 is 10.0 Å². The van der Waals surface area contributed by atoms with E-state index in [4.69, 9.17) is 0 Å². The normalized spacial score (nSPS) is 12.0. The van der Waals surface area contributed by atoms with Gasteiger partial charge in [0.1, 0.15) is 0 Å². The molecule has 0 amide bonds. The second kappa shape index (κ2) is 11.2. The summed E-state index contributed by atoms with van der Waals surface area (Å²) in [4.78, 5) is 2.41. The van der Waals surface area contributed by atoms with Crippen LogP contribution in [0.25, 0.3) is 10.8 Å². The minimum Gasteiger partial charge on any atom is -0.377 e.